The summed E-state index contributed by atoms with van der Waals surface area (Å²) in [6, 6.07) is 18.1. The molecule has 2 aromatic heterocycles. The first kappa shape index (κ1) is 20.0. The number of aromatic nitrogens is 2. The number of carbonyl (C=O) groups excluding carboxylic acids is 1. The summed E-state index contributed by atoms with van der Waals surface area (Å²) in [6.07, 6.45) is 0. The van der Waals surface area contributed by atoms with Crippen LogP contribution in [0, 0.1) is 0 Å². The Kier molecular flexibility index (Phi) is 6.53. The zero-order chi connectivity index (χ0) is 20.1. The van der Waals surface area contributed by atoms with Crippen molar-refractivity contribution < 1.29 is 9.21 Å². The zero-order valence-electron chi connectivity index (χ0n) is 15.8. The minimum Gasteiger partial charge on any atom is -0.451 e. The third kappa shape index (κ3) is 4.83. The fraction of sp³-hybridized carbons (Fsp3) is 0.190. The first-order valence-corrected chi connectivity index (χ1v) is 12.1. The van der Waals surface area contributed by atoms with Crippen molar-refractivity contribution in [3.63, 3.8) is 0 Å². The highest BCUT2D eigenvalue weighted by Crippen LogP contribution is 2.32. The lowest BCUT2D eigenvalue weighted by molar-refractivity contribution is 0.0997. The van der Waals surface area contributed by atoms with Crippen LogP contribution < -0.4 is 5.32 Å². The maximum atomic E-state index is 12.9. The number of hydrogen-bond donors (Lipinski definition) is 1. The quantitative estimate of drug-likeness (QED) is 0.264. The molecule has 0 radical (unpaired) electrons. The Morgan fingerprint density at radius 3 is 2.69 bits per heavy atom. The van der Waals surface area contributed by atoms with Gasteiger partial charge in [-0.3, -0.25) is 10.1 Å². The predicted molar refractivity (Wildman–Crippen MR) is 122 cm³/mol. The van der Waals surface area contributed by atoms with E-state index in [1.807, 2.05) is 42.5 Å². The van der Waals surface area contributed by atoms with E-state index >= 15 is 0 Å². The maximum absolute atomic E-state index is 12.9. The third-order valence-electron chi connectivity index (χ3n) is 4.16. The molecule has 0 aliphatic rings. The van der Waals surface area contributed by atoms with E-state index in [1.54, 1.807) is 23.5 Å². The lowest BCUT2D eigenvalue weighted by atomic mass is 10.1. The summed E-state index contributed by atoms with van der Waals surface area (Å²) in [5.74, 6) is 2.51. The second kappa shape index (κ2) is 9.47. The molecule has 0 fully saturated rings. The predicted octanol–water partition coefficient (Wildman–Crippen LogP) is 6.08. The number of anilines is 1. The average Bonchev–Trinajstić information content (AvgIpc) is 3.34. The van der Waals surface area contributed by atoms with Gasteiger partial charge in [0.15, 0.2) is 10.1 Å². The minimum atomic E-state index is -0.291. The van der Waals surface area contributed by atoms with E-state index in [0.29, 0.717) is 22.2 Å². The van der Waals surface area contributed by atoms with E-state index in [4.69, 9.17) is 4.42 Å². The number of amides is 1. The van der Waals surface area contributed by atoms with Crippen molar-refractivity contribution in [3.05, 3.63) is 71.5 Å². The standard InChI is InChI=1S/C21H19N3O2S3/c1-2-28-21-24-23-20(29-21)22-19(25)18-16(15-10-6-7-11-17(15)26-18)13-27-12-14-8-4-3-5-9-14/h3-11H,2,12-13H2,1H3,(H,22,23,25). The van der Waals surface area contributed by atoms with Gasteiger partial charge < -0.3 is 4.42 Å². The molecule has 2 heterocycles. The number of hydrogen-bond acceptors (Lipinski definition) is 7. The number of rotatable bonds is 8. The molecule has 0 atom stereocenters. The van der Waals surface area contributed by atoms with E-state index in [1.165, 1.54) is 16.9 Å². The highest BCUT2D eigenvalue weighted by atomic mass is 32.2. The van der Waals surface area contributed by atoms with Crippen molar-refractivity contribution in [1.82, 2.24) is 10.2 Å². The van der Waals surface area contributed by atoms with Gasteiger partial charge in [-0.25, -0.2) is 0 Å². The molecule has 0 unspecified atom stereocenters. The van der Waals surface area contributed by atoms with Crippen molar-refractivity contribution in [2.24, 2.45) is 0 Å². The van der Waals surface area contributed by atoms with E-state index in [0.717, 1.165) is 26.8 Å². The summed E-state index contributed by atoms with van der Waals surface area (Å²) in [6.45, 7) is 2.05. The molecule has 0 aliphatic heterocycles. The number of furan rings is 1. The second-order valence-corrected chi connectivity index (χ2v) is 9.62. The summed E-state index contributed by atoms with van der Waals surface area (Å²) in [4.78, 5) is 12.9. The van der Waals surface area contributed by atoms with Gasteiger partial charge in [0.05, 0.1) is 0 Å². The minimum absolute atomic E-state index is 0.291. The van der Waals surface area contributed by atoms with Crippen LogP contribution in [0.25, 0.3) is 11.0 Å². The number of nitrogens with zero attached hydrogens (tertiary/aromatic N) is 2. The molecule has 0 spiro atoms. The molecule has 29 heavy (non-hydrogen) atoms. The van der Waals surface area contributed by atoms with Crippen molar-refractivity contribution in [2.75, 3.05) is 11.1 Å². The van der Waals surface area contributed by atoms with Gasteiger partial charge in [-0.05, 0) is 17.4 Å². The smallest absolute Gasteiger partial charge is 0.293 e. The lowest BCUT2D eigenvalue weighted by Crippen LogP contribution is -2.12. The van der Waals surface area contributed by atoms with Gasteiger partial charge in [0.25, 0.3) is 5.91 Å². The van der Waals surface area contributed by atoms with Gasteiger partial charge in [0, 0.05) is 22.5 Å². The summed E-state index contributed by atoms with van der Waals surface area (Å²) in [7, 11) is 0. The normalized spacial score (nSPS) is 11.1. The van der Waals surface area contributed by atoms with E-state index in [-0.39, 0.29) is 5.91 Å². The van der Waals surface area contributed by atoms with Crippen molar-refractivity contribution in [1.29, 1.82) is 0 Å². The second-order valence-electron chi connectivity index (χ2n) is 6.14. The Balaban J connectivity index is 1.54. The van der Waals surface area contributed by atoms with Crippen LogP contribution in [0.4, 0.5) is 5.13 Å². The highest BCUT2D eigenvalue weighted by Gasteiger charge is 2.21. The molecule has 8 heteroatoms. The molecule has 4 rings (SSSR count). The number of thioether (sulfide) groups is 2. The third-order valence-corrected chi connectivity index (χ3v) is 7.04. The molecule has 0 bridgehead atoms. The van der Waals surface area contributed by atoms with Crippen molar-refractivity contribution >= 4 is 56.9 Å². The van der Waals surface area contributed by atoms with Gasteiger partial charge in [0.1, 0.15) is 5.58 Å². The van der Waals surface area contributed by atoms with Crippen LogP contribution >= 0.6 is 34.9 Å². The van der Waals surface area contributed by atoms with Gasteiger partial charge in [-0.1, -0.05) is 78.6 Å². The summed E-state index contributed by atoms with van der Waals surface area (Å²) in [5, 5.41) is 12.4. The highest BCUT2D eigenvalue weighted by molar-refractivity contribution is 8.01. The monoisotopic (exact) mass is 441 g/mol. The maximum Gasteiger partial charge on any atom is 0.293 e. The van der Waals surface area contributed by atoms with Crippen LogP contribution in [-0.2, 0) is 11.5 Å². The Hall–Kier alpha value is -2.29. The lowest BCUT2D eigenvalue weighted by Gasteiger charge is -2.04. The SMILES string of the molecule is CCSc1nnc(NC(=O)c2oc3ccccc3c2CSCc2ccccc2)s1. The van der Waals surface area contributed by atoms with E-state index in [9.17, 15) is 4.79 Å². The fourth-order valence-corrected chi connectivity index (χ4v) is 5.53. The van der Waals surface area contributed by atoms with Gasteiger partial charge in [-0.15, -0.1) is 10.2 Å². The molecule has 4 aromatic rings. The fourth-order valence-electron chi connectivity index (χ4n) is 2.87. The molecule has 0 saturated carbocycles. The van der Waals surface area contributed by atoms with Crippen molar-refractivity contribution in [2.45, 2.75) is 22.8 Å². The molecule has 5 nitrogen and oxygen atoms in total. The zero-order valence-corrected chi connectivity index (χ0v) is 18.2. The topological polar surface area (TPSA) is 68.0 Å². The van der Waals surface area contributed by atoms with Crippen molar-refractivity contribution in [3.8, 4) is 0 Å². The molecular formula is C21H19N3O2S3. The van der Waals surface area contributed by atoms with Gasteiger partial charge in [0.2, 0.25) is 5.13 Å². The average molecular weight is 442 g/mol. The largest absolute Gasteiger partial charge is 0.451 e. The number of benzene rings is 2. The number of fused-ring (bicyclic) bond motifs is 1. The van der Waals surface area contributed by atoms with Crippen LogP contribution in [0.5, 0.6) is 0 Å². The van der Waals surface area contributed by atoms with Crippen LogP contribution in [0.15, 0.2) is 63.4 Å². The van der Waals surface area contributed by atoms with E-state index in [2.05, 4.69) is 34.6 Å². The Bertz CT molecular complexity index is 1110. The molecule has 148 valence electrons. The molecule has 1 N–H and O–H groups in total. The summed E-state index contributed by atoms with van der Waals surface area (Å²) < 4.78 is 6.76. The molecule has 0 aliphatic carbocycles. The Labute approximate surface area is 181 Å². The van der Waals surface area contributed by atoms with Gasteiger partial charge in [-0.2, -0.15) is 11.8 Å². The van der Waals surface area contributed by atoms with Crippen LogP contribution in [0.1, 0.15) is 28.6 Å². The first-order chi connectivity index (χ1) is 14.2. The molecular weight excluding hydrogens is 422 g/mol. The van der Waals surface area contributed by atoms with Crippen LogP contribution in [0.3, 0.4) is 0 Å². The number of para-hydroxylation sites is 1. The number of nitrogens with one attached hydrogen (secondary N) is 1. The summed E-state index contributed by atoms with van der Waals surface area (Å²) >= 11 is 4.73. The summed E-state index contributed by atoms with van der Waals surface area (Å²) in [5.41, 5.74) is 2.88. The number of carbonyl (C=O) groups is 1. The molecule has 0 saturated heterocycles. The Morgan fingerprint density at radius 1 is 1.07 bits per heavy atom. The Morgan fingerprint density at radius 2 is 1.86 bits per heavy atom. The van der Waals surface area contributed by atoms with E-state index < -0.39 is 0 Å². The van der Waals surface area contributed by atoms with Crippen LogP contribution in [0.2, 0.25) is 0 Å². The first-order valence-electron chi connectivity index (χ1n) is 9.14. The molecule has 2 aromatic carbocycles. The van der Waals surface area contributed by atoms with Gasteiger partial charge >= 0.3 is 0 Å². The van der Waals surface area contributed by atoms with Crippen LogP contribution in [-0.4, -0.2) is 21.9 Å². The molecule has 1 amide bonds.